The molecule has 2 amide bonds. The minimum atomic E-state index is -3.55. The number of carbonyl (C=O) groups excluding carboxylic acids is 1. The molecule has 2 aromatic rings. The van der Waals surface area contributed by atoms with E-state index in [0.717, 1.165) is 17.7 Å². The van der Waals surface area contributed by atoms with Crippen LogP contribution in [0.3, 0.4) is 0 Å². The van der Waals surface area contributed by atoms with Crippen LogP contribution in [0.4, 0.5) is 14.9 Å². The number of carbonyl (C=O) groups is 1. The highest BCUT2D eigenvalue weighted by molar-refractivity contribution is 7.92. The molecule has 0 saturated carbocycles. The fraction of sp³-hybridized carbons (Fsp3) is 0.235. The first-order chi connectivity index (χ1) is 11.4. The van der Waals surface area contributed by atoms with Crippen LogP contribution in [0.1, 0.15) is 5.56 Å². The van der Waals surface area contributed by atoms with Gasteiger partial charge in [-0.15, -0.1) is 0 Å². The van der Waals surface area contributed by atoms with Gasteiger partial charge in [0.1, 0.15) is 11.1 Å². The number of aryl methyl sites for hydroxylation is 1. The van der Waals surface area contributed by atoms with Crippen LogP contribution in [0.25, 0.3) is 0 Å². The van der Waals surface area contributed by atoms with E-state index in [9.17, 15) is 17.6 Å². The van der Waals surface area contributed by atoms with Crippen molar-refractivity contribution in [1.29, 1.82) is 0 Å². The van der Waals surface area contributed by atoms with Gasteiger partial charge in [0.2, 0.25) is 0 Å². The molecule has 7 heteroatoms. The molecule has 1 fully saturated rings. The zero-order valence-corrected chi connectivity index (χ0v) is 13.9. The number of urea groups is 1. The Morgan fingerprint density at radius 3 is 2.46 bits per heavy atom. The van der Waals surface area contributed by atoms with Crippen molar-refractivity contribution in [2.45, 2.75) is 17.1 Å². The number of nitrogens with one attached hydrogen (secondary N) is 1. The summed E-state index contributed by atoms with van der Waals surface area (Å²) < 4.78 is 37.8. The topological polar surface area (TPSA) is 66.5 Å². The molecule has 1 aliphatic heterocycles. The first-order valence-corrected chi connectivity index (χ1v) is 9.03. The smallest absolute Gasteiger partial charge is 0.321 e. The number of benzene rings is 2. The monoisotopic (exact) mass is 348 g/mol. The summed E-state index contributed by atoms with van der Waals surface area (Å²) in [6.07, 6.45) is 0. The van der Waals surface area contributed by atoms with Crippen molar-refractivity contribution in [2.75, 3.05) is 18.4 Å². The average molecular weight is 348 g/mol. The molecule has 0 atom stereocenters. The van der Waals surface area contributed by atoms with Gasteiger partial charge in [-0.1, -0.05) is 12.1 Å². The maximum Gasteiger partial charge on any atom is 0.321 e. The van der Waals surface area contributed by atoms with Crippen LogP contribution in [-0.4, -0.2) is 37.7 Å². The fourth-order valence-corrected chi connectivity index (χ4v) is 4.20. The van der Waals surface area contributed by atoms with Crippen molar-refractivity contribution < 1.29 is 17.6 Å². The Kier molecular flexibility index (Phi) is 4.28. The molecule has 0 unspecified atom stereocenters. The second-order valence-corrected chi connectivity index (χ2v) is 8.05. The Bertz CT molecular complexity index is 860. The summed E-state index contributed by atoms with van der Waals surface area (Å²) in [6, 6.07) is 11.8. The molecule has 5 nitrogen and oxygen atoms in total. The van der Waals surface area contributed by atoms with E-state index in [0.29, 0.717) is 5.69 Å². The molecule has 3 rings (SSSR count). The van der Waals surface area contributed by atoms with Crippen LogP contribution >= 0.6 is 0 Å². The lowest BCUT2D eigenvalue weighted by atomic mass is 10.2. The van der Waals surface area contributed by atoms with Gasteiger partial charge in [-0.2, -0.15) is 0 Å². The molecule has 2 aromatic carbocycles. The maximum atomic E-state index is 12.9. The van der Waals surface area contributed by atoms with Crippen molar-refractivity contribution in [2.24, 2.45) is 0 Å². The van der Waals surface area contributed by atoms with Crippen molar-refractivity contribution in [3.63, 3.8) is 0 Å². The van der Waals surface area contributed by atoms with Gasteiger partial charge in [0.25, 0.3) is 0 Å². The molecule has 0 aromatic heterocycles. The number of likely N-dealkylation sites (tertiary alicyclic amines) is 1. The van der Waals surface area contributed by atoms with Crippen LogP contribution in [0, 0.1) is 12.7 Å². The number of rotatable bonds is 3. The van der Waals surface area contributed by atoms with E-state index >= 15 is 0 Å². The lowest BCUT2D eigenvalue weighted by Gasteiger charge is -2.38. The number of amides is 2. The summed E-state index contributed by atoms with van der Waals surface area (Å²) in [6.45, 7) is 2.17. The SMILES string of the molecule is Cc1cccc(NC(=O)N2CC(S(=O)(=O)c3ccc(F)cc3)C2)c1. The number of halogens is 1. The highest BCUT2D eigenvalue weighted by Gasteiger charge is 2.40. The Morgan fingerprint density at radius 2 is 1.83 bits per heavy atom. The van der Waals surface area contributed by atoms with E-state index in [1.54, 1.807) is 6.07 Å². The second kappa shape index (κ2) is 6.24. The van der Waals surface area contributed by atoms with E-state index in [1.165, 1.54) is 17.0 Å². The minimum Gasteiger partial charge on any atom is -0.322 e. The van der Waals surface area contributed by atoms with Gasteiger partial charge in [-0.3, -0.25) is 0 Å². The van der Waals surface area contributed by atoms with Crippen LogP contribution in [0.2, 0.25) is 0 Å². The molecule has 0 spiro atoms. The Hall–Kier alpha value is -2.41. The first-order valence-electron chi connectivity index (χ1n) is 7.48. The quantitative estimate of drug-likeness (QED) is 0.868. The van der Waals surface area contributed by atoms with E-state index in [4.69, 9.17) is 0 Å². The van der Waals surface area contributed by atoms with Crippen molar-refractivity contribution >= 4 is 21.6 Å². The third-order valence-electron chi connectivity index (χ3n) is 3.99. The standard InChI is InChI=1S/C17H17FN2O3S/c1-12-3-2-4-14(9-12)19-17(21)20-10-16(11-20)24(22,23)15-7-5-13(18)6-8-15/h2-9,16H,10-11H2,1H3,(H,19,21). The molecule has 24 heavy (non-hydrogen) atoms. The van der Waals surface area contributed by atoms with Crippen LogP contribution < -0.4 is 5.32 Å². The third kappa shape index (κ3) is 3.26. The number of sulfone groups is 1. The number of nitrogens with zero attached hydrogens (tertiary/aromatic N) is 1. The summed E-state index contributed by atoms with van der Waals surface area (Å²) in [4.78, 5) is 13.6. The molecule has 0 radical (unpaired) electrons. The highest BCUT2D eigenvalue weighted by atomic mass is 32.2. The van der Waals surface area contributed by atoms with Crippen molar-refractivity contribution in [3.05, 3.63) is 59.9 Å². The number of anilines is 1. The summed E-state index contributed by atoms with van der Waals surface area (Å²) in [5.41, 5.74) is 1.69. The summed E-state index contributed by atoms with van der Waals surface area (Å²) >= 11 is 0. The molecule has 0 bridgehead atoms. The van der Waals surface area contributed by atoms with Crippen molar-refractivity contribution in [3.8, 4) is 0 Å². The predicted octanol–water partition coefficient (Wildman–Crippen LogP) is 2.82. The van der Waals surface area contributed by atoms with Gasteiger partial charge < -0.3 is 10.2 Å². The molecule has 126 valence electrons. The molecule has 0 aliphatic carbocycles. The van der Waals surface area contributed by atoms with Gasteiger partial charge in [0.15, 0.2) is 9.84 Å². The van der Waals surface area contributed by atoms with Crippen LogP contribution in [0.15, 0.2) is 53.4 Å². The van der Waals surface area contributed by atoms with Gasteiger partial charge in [-0.25, -0.2) is 17.6 Å². The number of hydrogen-bond donors (Lipinski definition) is 1. The van der Waals surface area contributed by atoms with Gasteiger partial charge in [-0.05, 0) is 48.9 Å². The van der Waals surface area contributed by atoms with Crippen LogP contribution in [0.5, 0.6) is 0 Å². The lowest BCUT2D eigenvalue weighted by Crippen LogP contribution is -2.58. The zero-order valence-electron chi connectivity index (χ0n) is 13.1. The molecule has 1 saturated heterocycles. The number of hydrogen-bond acceptors (Lipinski definition) is 3. The summed E-state index contributed by atoms with van der Waals surface area (Å²) in [5.74, 6) is -0.485. The van der Waals surface area contributed by atoms with E-state index < -0.39 is 20.9 Å². The fourth-order valence-electron chi connectivity index (χ4n) is 2.54. The summed E-state index contributed by atoms with van der Waals surface area (Å²) in [7, 11) is -3.55. The normalized spacial score (nSPS) is 15.0. The molecular formula is C17H17FN2O3S. The van der Waals surface area contributed by atoms with Gasteiger partial charge in [0.05, 0.1) is 4.90 Å². The second-order valence-electron chi connectivity index (χ2n) is 5.83. The maximum absolute atomic E-state index is 12.9. The Labute approximate surface area is 140 Å². The summed E-state index contributed by atoms with van der Waals surface area (Å²) in [5, 5.41) is 2.09. The van der Waals surface area contributed by atoms with Crippen LogP contribution in [-0.2, 0) is 9.84 Å². The molecule has 1 N–H and O–H groups in total. The van der Waals surface area contributed by atoms with Crippen molar-refractivity contribution in [1.82, 2.24) is 4.90 Å². The van der Waals surface area contributed by atoms with E-state index in [1.807, 2.05) is 25.1 Å². The molecule has 1 heterocycles. The predicted molar refractivity (Wildman–Crippen MR) is 89.1 cm³/mol. The van der Waals surface area contributed by atoms with E-state index in [2.05, 4.69) is 5.32 Å². The molecular weight excluding hydrogens is 331 g/mol. The lowest BCUT2D eigenvalue weighted by molar-refractivity contribution is 0.182. The largest absolute Gasteiger partial charge is 0.322 e. The average Bonchev–Trinajstić information content (AvgIpc) is 2.45. The Balaban J connectivity index is 1.62. The highest BCUT2D eigenvalue weighted by Crippen LogP contribution is 2.24. The molecule has 1 aliphatic rings. The van der Waals surface area contributed by atoms with Gasteiger partial charge in [0, 0.05) is 18.8 Å². The van der Waals surface area contributed by atoms with E-state index in [-0.39, 0.29) is 24.0 Å². The Morgan fingerprint density at radius 1 is 1.17 bits per heavy atom. The van der Waals surface area contributed by atoms with Gasteiger partial charge >= 0.3 is 6.03 Å². The third-order valence-corrected chi connectivity index (χ3v) is 6.09. The zero-order chi connectivity index (χ0) is 17.3. The first kappa shape index (κ1) is 16.4. The minimum absolute atomic E-state index is 0.0765.